The highest BCUT2D eigenvalue weighted by atomic mass is 35.5. The molecule has 5 nitrogen and oxygen atoms in total. The average Bonchev–Trinajstić information content (AvgIpc) is 2.61. The first-order valence-corrected chi connectivity index (χ1v) is 8.27. The molecule has 0 saturated heterocycles. The SMILES string of the molecule is COC(=O)C1=C(C)NC(c2ncccc2Cl)=NC1c1ccccc1Cl. The minimum Gasteiger partial charge on any atom is -0.466 e. The van der Waals surface area contributed by atoms with Crippen LogP contribution in [0, 0.1) is 0 Å². The van der Waals surface area contributed by atoms with Crippen LogP contribution in [0.15, 0.2) is 58.9 Å². The van der Waals surface area contributed by atoms with Gasteiger partial charge in [0.2, 0.25) is 0 Å². The van der Waals surface area contributed by atoms with E-state index in [2.05, 4.69) is 15.3 Å². The summed E-state index contributed by atoms with van der Waals surface area (Å²) in [6.07, 6.45) is 1.63. The van der Waals surface area contributed by atoms with E-state index in [1.54, 1.807) is 31.3 Å². The molecule has 1 atom stereocenters. The molecule has 0 fully saturated rings. The number of allylic oxidation sites excluding steroid dienone is 1. The standard InChI is InChI=1S/C18H15Cl2N3O2/c1-10-14(18(24)25-2)15(11-6-3-4-7-12(11)19)23-17(22-10)16-13(20)8-5-9-21-16/h3-9,15H,1-2H3,(H,22,23). The molecule has 1 aromatic carbocycles. The molecule has 1 aromatic heterocycles. The molecule has 0 amide bonds. The van der Waals surface area contributed by atoms with Crippen LogP contribution in [-0.4, -0.2) is 23.9 Å². The van der Waals surface area contributed by atoms with E-state index in [0.29, 0.717) is 38.4 Å². The Morgan fingerprint density at radius 3 is 2.56 bits per heavy atom. The lowest BCUT2D eigenvalue weighted by atomic mass is 9.95. The zero-order valence-electron chi connectivity index (χ0n) is 13.6. The van der Waals surface area contributed by atoms with Crippen LogP contribution in [0.1, 0.15) is 24.2 Å². The fourth-order valence-electron chi connectivity index (χ4n) is 2.65. The molecule has 1 aliphatic heterocycles. The first kappa shape index (κ1) is 17.5. The number of aromatic nitrogens is 1. The molecule has 128 valence electrons. The van der Waals surface area contributed by atoms with Gasteiger partial charge < -0.3 is 10.1 Å². The Bertz CT molecular complexity index is 893. The quantitative estimate of drug-likeness (QED) is 0.825. The van der Waals surface area contributed by atoms with Crippen molar-refractivity contribution in [3.63, 3.8) is 0 Å². The molecule has 3 rings (SSSR count). The maximum atomic E-state index is 12.3. The summed E-state index contributed by atoms with van der Waals surface area (Å²) in [4.78, 5) is 21.2. The number of hydrogen-bond donors (Lipinski definition) is 1. The van der Waals surface area contributed by atoms with Crippen LogP contribution in [0.4, 0.5) is 0 Å². The molecule has 0 aliphatic carbocycles. The summed E-state index contributed by atoms with van der Waals surface area (Å²) in [6, 6.07) is 10.1. The number of nitrogens with zero attached hydrogens (tertiary/aromatic N) is 2. The number of carbonyl (C=O) groups excluding carboxylic acids is 1. The van der Waals surface area contributed by atoms with Crippen LogP contribution >= 0.6 is 23.2 Å². The fraction of sp³-hybridized carbons (Fsp3) is 0.167. The Kier molecular flexibility index (Phi) is 5.06. The normalized spacial score (nSPS) is 17.0. The third kappa shape index (κ3) is 3.38. The van der Waals surface area contributed by atoms with E-state index in [4.69, 9.17) is 27.9 Å². The van der Waals surface area contributed by atoms with Gasteiger partial charge in [0.15, 0.2) is 5.84 Å². The van der Waals surface area contributed by atoms with Crippen molar-refractivity contribution in [3.8, 4) is 0 Å². The number of carbonyl (C=O) groups is 1. The maximum absolute atomic E-state index is 12.3. The third-order valence-corrected chi connectivity index (χ3v) is 4.48. The Labute approximate surface area is 155 Å². The summed E-state index contributed by atoms with van der Waals surface area (Å²) in [6.45, 7) is 1.78. The van der Waals surface area contributed by atoms with Crippen LogP contribution in [0.5, 0.6) is 0 Å². The molecular weight excluding hydrogens is 361 g/mol. The van der Waals surface area contributed by atoms with E-state index < -0.39 is 12.0 Å². The summed E-state index contributed by atoms with van der Waals surface area (Å²) in [5.74, 6) is 0.00510. The van der Waals surface area contributed by atoms with E-state index in [1.165, 1.54) is 7.11 Å². The molecule has 0 saturated carbocycles. The number of benzene rings is 1. The van der Waals surface area contributed by atoms with Crippen molar-refractivity contribution in [2.24, 2.45) is 4.99 Å². The van der Waals surface area contributed by atoms with Crippen molar-refractivity contribution in [3.05, 3.63) is 75.2 Å². The van der Waals surface area contributed by atoms with Gasteiger partial charge in [-0.05, 0) is 25.1 Å². The van der Waals surface area contributed by atoms with Gasteiger partial charge in [0, 0.05) is 22.5 Å². The number of esters is 1. The van der Waals surface area contributed by atoms with Gasteiger partial charge in [0.05, 0.1) is 17.7 Å². The number of amidine groups is 1. The number of methoxy groups -OCH3 is 1. The van der Waals surface area contributed by atoms with E-state index in [1.807, 2.05) is 18.2 Å². The molecule has 7 heteroatoms. The van der Waals surface area contributed by atoms with E-state index in [-0.39, 0.29) is 0 Å². The molecule has 0 spiro atoms. The third-order valence-electron chi connectivity index (χ3n) is 3.83. The summed E-state index contributed by atoms with van der Waals surface area (Å²) >= 11 is 12.6. The van der Waals surface area contributed by atoms with Crippen molar-refractivity contribution in [2.45, 2.75) is 13.0 Å². The second-order valence-corrected chi connectivity index (χ2v) is 6.21. The van der Waals surface area contributed by atoms with Crippen molar-refractivity contribution in [1.82, 2.24) is 10.3 Å². The minimum atomic E-state index is -0.615. The lowest BCUT2D eigenvalue weighted by Gasteiger charge is -2.26. The summed E-state index contributed by atoms with van der Waals surface area (Å²) in [5.41, 5.74) is 2.22. The summed E-state index contributed by atoms with van der Waals surface area (Å²) in [7, 11) is 1.33. The van der Waals surface area contributed by atoms with Gasteiger partial charge in [-0.25, -0.2) is 4.79 Å². The van der Waals surface area contributed by atoms with Crippen molar-refractivity contribution in [2.75, 3.05) is 7.11 Å². The van der Waals surface area contributed by atoms with Gasteiger partial charge in [0.25, 0.3) is 0 Å². The van der Waals surface area contributed by atoms with Gasteiger partial charge >= 0.3 is 5.97 Å². The van der Waals surface area contributed by atoms with Gasteiger partial charge in [-0.2, -0.15) is 0 Å². The topological polar surface area (TPSA) is 63.6 Å². The second-order valence-electron chi connectivity index (χ2n) is 5.39. The highest BCUT2D eigenvalue weighted by molar-refractivity contribution is 6.34. The van der Waals surface area contributed by atoms with Gasteiger partial charge in [-0.15, -0.1) is 0 Å². The number of ether oxygens (including phenoxy) is 1. The predicted molar refractivity (Wildman–Crippen MR) is 97.8 cm³/mol. The second kappa shape index (κ2) is 7.25. The van der Waals surface area contributed by atoms with Gasteiger partial charge in [-0.1, -0.05) is 41.4 Å². The number of rotatable bonds is 3. The molecule has 1 N–H and O–H groups in total. The lowest BCUT2D eigenvalue weighted by Crippen LogP contribution is -2.33. The van der Waals surface area contributed by atoms with Gasteiger partial charge in [0.1, 0.15) is 11.7 Å². The summed E-state index contributed by atoms with van der Waals surface area (Å²) < 4.78 is 4.93. The molecular formula is C18H15Cl2N3O2. The van der Waals surface area contributed by atoms with Crippen LogP contribution in [0.2, 0.25) is 10.0 Å². The number of pyridine rings is 1. The zero-order valence-corrected chi connectivity index (χ0v) is 15.1. The molecule has 1 aliphatic rings. The van der Waals surface area contributed by atoms with E-state index >= 15 is 0 Å². The zero-order chi connectivity index (χ0) is 18.0. The van der Waals surface area contributed by atoms with Crippen LogP contribution in [-0.2, 0) is 9.53 Å². The number of hydrogen-bond acceptors (Lipinski definition) is 5. The Hall–Kier alpha value is -2.37. The minimum absolute atomic E-state index is 0.395. The largest absolute Gasteiger partial charge is 0.466 e. The van der Waals surface area contributed by atoms with Crippen LogP contribution in [0.25, 0.3) is 0 Å². The first-order chi connectivity index (χ1) is 12.0. The number of halogens is 2. The highest BCUT2D eigenvalue weighted by Crippen LogP contribution is 2.36. The van der Waals surface area contributed by atoms with E-state index in [0.717, 1.165) is 0 Å². The first-order valence-electron chi connectivity index (χ1n) is 7.52. The van der Waals surface area contributed by atoms with Crippen molar-refractivity contribution in [1.29, 1.82) is 0 Å². The monoisotopic (exact) mass is 375 g/mol. The van der Waals surface area contributed by atoms with Gasteiger partial charge in [-0.3, -0.25) is 9.98 Å². The maximum Gasteiger partial charge on any atom is 0.338 e. The Morgan fingerprint density at radius 2 is 1.88 bits per heavy atom. The average molecular weight is 376 g/mol. The molecule has 25 heavy (non-hydrogen) atoms. The molecule has 0 bridgehead atoms. The molecule has 2 heterocycles. The van der Waals surface area contributed by atoms with Crippen molar-refractivity contribution < 1.29 is 9.53 Å². The highest BCUT2D eigenvalue weighted by Gasteiger charge is 2.32. The van der Waals surface area contributed by atoms with E-state index in [9.17, 15) is 4.79 Å². The lowest BCUT2D eigenvalue weighted by molar-refractivity contribution is -0.136. The predicted octanol–water partition coefficient (Wildman–Crippen LogP) is 3.93. The number of aliphatic imine (C=N–C) groups is 1. The number of nitrogens with one attached hydrogen (secondary N) is 1. The summed E-state index contributed by atoms with van der Waals surface area (Å²) in [5, 5.41) is 4.07. The Morgan fingerprint density at radius 1 is 1.16 bits per heavy atom. The smallest absolute Gasteiger partial charge is 0.338 e. The molecule has 2 aromatic rings. The van der Waals surface area contributed by atoms with Crippen LogP contribution < -0.4 is 5.32 Å². The van der Waals surface area contributed by atoms with Crippen molar-refractivity contribution >= 4 is 35.0 Å². The fourth-order valence-corrected chi connectivity index (χ4v) is 3.10. The Balaban J connectivity index is 2.16. The van der Waals surface area contributed by atoms with Crippen LogP contribution in [0.3, 0.4) is 0 Å². The molecule has 0 radical (unpaired) electrons. The molecule has 1 unspecified atom stereocenters.